The second kappa shape index (κ2) is 10.6. The van der Waals surface area contributed by atoms with Gasteiger partial charge in [-0.3, -0.25) is 9.69 Å². The fourth-order valence-corrected chi connectivity index (χ4v) is 5.40. The number of piperidine rings is 1. The molecule has 0 atom stereocenters. The van der Waals surface area contributed by atoms with Crippen molar-refractivity contribution < 1.29 is 14.7 Å². The Morgan fingerprint density at radius 3 is 2.41 bits per heavy atom. The number of hydrogen-bond acceptors (Lipinski definition) is 9. The fraction of sp³-hybridized carbons (Fsp3) is 0.296. The Hall–Kier alpha value is -4.63. The minimum absolute atomic E-state index is 0.387. The average molecular weight is 543 g/mol. The van der Waals surface area contributed by atoms with E-state index in [1.54, 1.807) is 37.8 Å². The lowest BCUT2D eigenvalue weighted by Gasteiger charge is -2.36. The van der Waals surface area contributed by atoms with Crippen LogP contribution in [0, 0.1) is 17.3 Å². The van der Waals surface area contributed by atoms with Crippen LogP contribution in [0.3, 0.4) is 0 Å². The van der Waals surface area contributed by atoms with Crippen LogP contribution in [0.15, 0.2) is 43.0 Å². The summed E-state index contributed by atoms with van der Waals surface area (Å²) in [4.78, 5) is 49.1. The van der Waals surface area contributed by atoms with Crippen molar-refractivity contribution in [3.63, 3.8) is 0 Å². The molecule has 5 rings (SSSR count). The number of benzene rings is 1. The topological polar surface area (TPSA) is 151 Å². The smallest absolute Gasteiger partial charge is 0.321 e. The van der Waals surface area contributed by atoms with Gasteiger partial charge in [0, 0.05) is 55.5 Å². The number of urea groups is 1. The largest absolute Gasteiger partial charge is 0.481 e. The van der Waals surface area contributed by atoms with Crippen molar-refractivity contribution in [3.8, 4) is 23.0 Å². The molecule has 39 heavy (non-hydrogen) atoms. The fourth-order valence-electron chi connectivity index (χ4n) is 4.32. The molecule has 2 amide bonds. The van der Waals surface area contributed by atoms with Gasteiger partial charge in [0.2, 0.25) is 11.8 Å². The molecule has 3 N–H and O–H groups in total. The third-order valence-corrected chi connectivity index (χ3v) is 7.93. The predicted molar refractivity (Wildman–Crippen MR) is 148 cm³/mol. The predicted octanol–water partition coefficient (Wildman–Crippen LogP) is 3.54. The van der Waals surface area contributed by atoms with Crippen molar-refractivity contribution >= 4 is 44.6 Å². The number of amides is 2. The first-order chi connectivity index (χ1) is 18.8. The normalized spacial score (nSPS) is 14.5. The van der Waals surface area contributed by atoms with Crippen LogP contribution in [0.25, 0.3) is 21.3 Å². The Kier molecular flexibility index (Phi) is 7.08. The van der Waals surface area contributed by atoms with Crippen LogP contribution in [0.2, 0.25) is 0 Å². The Morgan fingerprint density at radius 2 is 1.79 bits per heavy atom. The summed E-state index contributed by atoms with van der Waals surface area (Å²) in [7, 11) is 0. The molecule has 3 aromatic heterocycles. The Labute approximate surface area is 228 Å². The van der Waals surface area contributed by atoms with Gasteiger partial charge in [0.1, 0.15) is 0 Å². The number of nitrogens with zero attached hydrogens (tertiary/aromatic N) is 7. The number of primary amides is 1. The zero-order valence-corrected chi connectivity index (χ0v) is 22.3. The second-order valence-corrected chi connectivity index (χ2v) is 10.4. The van der Waals surface area contributed by atoms with E-state index in [1.165, 1.54) is 16.2 Å². The van der Waals surface area contributed by atoms with E-state index in [4.69, 9.17) is 5.73 Å². The third kappa shape index (κ3) is 5.35. The van der Waals surface area contributed by atoms with E-state index < -0.39 is 17.4 Å². The molecule has 0 aliphatic carbocycles. The molecule has 4 heterocycles. The number of carbonyl (C=O) groups is 2. The maximum atomic E-state index is 11.9. The van der Waals surface area contributed by atoms with Crippen molar-refractivity contribution in [1.82, 2.24) is 24.9 Å². The van der Waals surface area contributed by atoms with Crippen molar-refractivity contribution in [2.45, 2.75) is 26.7 Å². The Morgan fingerprint density at radius 1 is 1.10 bits per heavy atom. The molecule has 0 bridgehead atoms. The lowest BCUT2D eigenvalue weighted by atomic mass is 9.80. The molecule has 11 nitrogen and oxygen atoms in total. The molecule has 12 heteroatoms. The van der Waals surface area contributed by atoms with Gasteiger partial charge < -0.3 is 15.7 Å². The molecule has 1 fully saturated rings. The van der Waals surface area contributed by atoms with Gasteiger partial charge in [0.15, 0.2) is 5.13 Å². The molecule has 1 saturated heterocycles. The van der Waals surface area contributed by atoms with Crippen molar-refractivity contribution in [2.24, 2.45) is 11.1 Å². The minimum atomic E-state index is -0.769. The SMILES string of the molecule is CCN(C(N)=O)c1nc2cc(-c3cnc(N4CCC(C)(C(=O)O)CC4)nc3)cc(C#Cc3ncccn3)c2s1. The Balaban J connectivity index is 1.49. The average Bonchev–Trinajstić information content (AvgIpc) is 3.36. The summed E-state index contributed by atoms with van der Waals surface area (Å²) in [5.41, 5.74) is 7.78. The number of carbonyl (C=O) groups excluding carboxylic acids is 1. The Bertz CT molecular complexity index is 1590. The number of fused-ring (bicyclic) bond motifs is 1. The monoisotopic (exact) mass is 542 g/mol. The van der Waals surface area contributed by atoms with E-state index >= 15 is 0 Å². The number of nitrogens with two attached hydrogens (primary N) is 1. The molecule has 0 radical (unpaired) electrons. The van der Waals surface area contributed by atoms with Gasteiger partial charge in [-0.2, -0.15) is 0 Å². The molecule has 1 aromatic carbocycles. The van der Waals surface area contributed by atoms with Crippen LogP contribution in [0.4, 0.5) is 15.9 Å². The number of thiazole rings is 1. The molecular weight excluding hydrogens is 516 g/mol. The van der Waals surface area contributed by atoms with Gasteiger partial charge >= 0.3 is 12.0 Å². The van der Waals surface area contributed by atoms with Crippen LogP contribution in [0.1, 0.15) is 38.1 Å². The number of aliphatic carboxylic acids is 1. The van der Waals surface area contributed by atoms with E-state index in [0.29, 0.717) is 60.5 Å². The van der Waals surface area contributed by atoms with Crippen LogP contribution in [-0.4, -0.2) is 61.7 Å². The first-order valence-corrected chi connectivity index (χ1v) is 13.2. The van der Waals surface area contributed by atoms with Crippen molar-refractivity contribution in [3.05, 3.63) is 54.4 Å². The van der Waals surface area contributed by atoms with Crippen LogP contribution in [0.5, 0.6) is 0 Å². The van der Waals surface area contributed by atoms with E-state index in [2.05, 4.69) is 36.8 Å². The van der Waals surface area contributed by atoms with Gasteiger partial charge in [-0.1, -0.05) is 17.3 Å². The van der Waals surface area contributed by atoms with Crippen LogP contribution >= 0.6 is 11.3 Å². The summed E-state index contributed by atoms with van der Waals surface area (Å²) in [5.74, 6) is 6.33. The zero-order chi connectivity index (χ0) is 27.6. The number of aromatic nitrogens is 5. The van der Waals surface area contributed by atoms with Crippen molar-refractivity contribution in [2.75, 3.05) is 29.4 Å². The van der Waals surface area contributed by atoms with Gasteiger partial charge in [-0.15, -0.1) is 0 Å². The first kappa shape index (κ1) is 26.0. The molecular formula is C27H26N8O3S. The summed E-state index contributed by atoms with van der Waals surface area (Å²) < 4.78 is 0.809. The lowest BCUT2D eigenvalue weighted by Crippen LogP contribution is -2.43. The van der Waals surface area contributed by atoms with E-state index in [-0.39, 0.29) is 0 Å². The first-order valence-electron chi connectivity index (χ1n) is 12.4. The van der Waals surface area contributed by atoms with E-state index in [1.807, 2.05) is 24.0 Å². The van der Waals surface area contributed by atoms with E-state index in [0.717, 1.165) is 15.8 Å². The maximum absolute atomic E-state index is 11.9. The minimum Gasteiger partial charge on any atom is -0.481 e. The second-order valence-electron chi connectivity index (χ2n) is 9.40. The quantitative estimate of drug-likeness (QED) is 0.361. The highest BCUT2D eigenvalue weighted by molar-refractivity contribution is 7.22. The summed E-state index contributed by atoms with van der Waals surface area (Å²) in [6.07, 6.45) is 7.79. The highest BCUT2D eigenvalue weighted by Gasteiger charge is 2.37. The van der Waals surface area contributed by atoms with Gasteiger partial charge in [-0.25, -0.2) is 29.7 Å². The highest BCUT2D eigenvalue weighted by Crippen LogP contribution is 2.35. The number of anilines is 2. The lowest BCUT2D eigenvalue weighted by molar-refractivity contribution is -0.149. The molecule has 198 valence electrons. The molecule has 0 saturated carbocycles. The zero-order valence-electron chi connectivity index (χ0n) is 21.5. The van der Waals surface area contributed by atoms with Gasteiger partial charge in [0.05, 0.1) is 15.6 Å². The molecule has 0 spiro atoms. The summed E-state index contributed by atoms with van der Waals surface area (Å²) in [6, 6.07) is 4.98. The number of carboxylic acids is 1. The third-order valence-electron chi connectivity index (χ3n) is 6.80. The number of hydrogen-bond donors (Lipinski definition) is 2. The summed E-state index contributed by atoms with van der Waals surface area (Å²) >= 11 is 1.34. The molecule has 4 aromatic rings. The highest BCUT2D eigenvalue weighted by atomic mass is 32.1. The molecule has 1 aliphatic rings. The van der Waals surface area contributed by atoms with Crippen LogP contribution in [-0.2, 0) is 4.79 Å². The summed E-state index contributed by atoms with van der Waals surface area (Å²) in [6.45, 7) is 5.15. The number of carboxylic acid groups (broad SMARTS) is 1. The summed E-state index contributed by atoms with van der Waals surface area (Å²) in [5, 5.41) is 9.98. The van der Waals surface area contributed by atoms with Crippen LogP contribution < -0.4 is 15.5 Å². The van der Waals surface area contributed by atoms with Crippen molar-refractivity contribution in [1.29, 1.82) is 0 Å². The number of rotatable bonds is 5. The van der Waals surface area contributed by atoms with Gasteiger partial charge in [0.25, 0.3) is 0 Å². The molecule has 1 aliphatic heterocycles. The van der Waals surface area contributed by atoms with E-state index in [9.17, 15) is 14.7 Å². The maximum Gasteiger partial charge on any atom is 0.321 e. The van der Waals surface area contributed by atoms with Gasteiger partial charge in [-0.05, 0) is 56.4 Å². The molecule has 0 unspecified atom stereocenters. The standard InChI is InChI=1S/C27H26N8O3S/c1-3-35(24(28)38)26-33-20-14-18(13-17(22(20)39-26)5-6-21-29-9-4-10-30-21)19-15-31-25(32-16-19)34-11-7-27(2,8-12-34)23(36)37/h4,9-10,13-16H,3,7-8,11-12H2,1-2H3,(H2,28,38)(H,36,37).